The van der Waals surface area contributed by atoms with Crippen LogP contribution in [0.1, 0.15) is 29.4 Å². The number of H-pyrrole nitrogens is 1. The summed E-state index contributed by atoms with van der Waals surface area (Å²) >= 11 is 0. The van der Waals surface area contributed by atoms with E-state index >= 15 is 0 Å². The van der Waals surface area contributed by atoms with Crippen molar-refractivity contribution >= 4 is 0 Å². The summed E-state index contributed by atoms with van der Waals surface area (Å²) < 4.78 is 74.7. The molecule has 0 aliphatic heterocycles. The van der Waals surface area contributed by atoms with Gasteiger partial charge in [-0.1, -0.05) is 12.2 Å². The zero-order valence-corrected chi connectivity index (χ0v) is 18.2. The number of halogens is 5. The van der Waals surface area contributed by atoms with Crippen LogP contribution < -0.4 is 15.9 Å². The first-order valence-electron chi connectivity index (χ1n) is 9.91. The number of nitrogens with one attached hydrogen (secondary N) is 1. The predicted molar refractivity (Wildman–Crippen MR) is 110 cm³/mol. The second kappa shape index (κ2) is 8.89. The summed E-state index contributed by atoms with van der Waals surface area (Å²) in [5.74, 6) is -3.45. The zero-order chi connectivity index (χ0) is 25.4. The van der Waals surface area contributed by atoms with E-state index in [0.717, 1.165) is 23.6 Å². The van der Waals surface area contributed by atoms with Gasteiger partial charge in [0.2, 0.25) is 5.75 Å². The second-order valence-electron chi connectivity index (χ2n) is 8.00. The highest BCUT2D eigenvalue weighted by atomic mass is 19.4. The molecule has 3 rings (SSSR count). The molecule has 1 aliphatic carbocycles. The van der Waals surface area contributed by atoms with Gasteiger partial charge in [-0.25, -0.2) is 13.8 Å². The number of hydrogen-bond acceptors (Lipinski definition) is 5. The fourth-order valence-electron chi connectivity index (χ4n) is 3.59. The van der Waals surface area contributed by atoms with E-state index in [4.69, 9.17) is 4.74 Å². The fraction of sp³-hybridized carbons (Fsp3) is 0.364. The van der Waals surface area contributed by atoms with Gasteiger partial charge in [0.1, 0.15) is 11.2 Å². The molecule has 34 heavy (non-hydrogen) atoms. The number of hydrogen-bond donors (Lipinski definition) is 1. The van der Waals surface area contributed by atoms with Crippen LogP contribution in [0.4, 0.5) is 22.0 Å². The number of rotatable bonds is 5. The van der Waals surface area contributed by atoms with Crippen molar-refractivity contribution in [3.8, 4) is 11.8 Å². The Balaban J connectivity index is 2.16. The molecule has 0 radical (unpaired) electrons. The first-order valence-corrected chi connectivity index (χ1v) is 9.91. The molecule has 0 spiro atoms. The molecule has 2 aromatic heterocycles. The van der Waals surface area contributed by atoms with Crippen LogP contribution in [0.25, 0.3) is 0 Å². The highest BCUT2D eigenvalue weighted by Crippen LogP contribution is 2.45. The summed E-state index contributed by atoms with van der Waals surface area (Å²) in [6, 6.07) is 3.28. The van der Waals surface area contributed by atoms with Gasteiger partial charge in [0.15, 0.2) is 5.69 Å². The maximum Gasteiger partial charge on any atom is 0.437 e. The average molecular weight is 482 g/mol. The average Bonchev–Trinajstić information content (AvgIpc) is 2.73. The number of aryl methyl sites for hydroxylation is 2. The first kappa shape index (κ1) is 24.9. The summed E-state index contributed by atoms with van der Waals surface area (Å²) in [6.45, 7) is 3.75. The fourth-order valence-corrected chi connectivity index (χ4v) is 3.59. The van der Waals surface area contributed by atoms with Crippen LogP contribution in [0.2, 0.25) is 0 Å². The summed E-state index contributed by atoms with van der Waals surface area (Å²) in [5.41, 5.74) is -4.78. The third kappa shape index (κ3) is 4.37. The molecule has 1 N–H and O–H groups in total. The molecule has 0 bridgehead atoms. The van der Waals surface area contributed by atoms with Gasteiger partial charge in [-0.15, -0.1) is 0 Å². The Morgan fingerprint density at radius 3 is 2.56 bits per heavy atom. The van der Waals surface area contributed by atoms with Crippen LogP contribution in [0.5, 0.6) is 5.75 Å². The Morgan fingerprint density at radius 2 is 2.00 bits per heavy atom. The number of nitriles is 1. The maximum absolute atomic E-state index is 14.0. The van der Waals surface area contributed by atoms with E-state index in [9.17, 15) is 36.8 Å². The van der Waals surface area contributed by atoms with Crippen molar-refractivity contribution in [3.05, 3.63) is 79.6 Å². The molecule has 0 saturated heterocycles. The Labute approximate surface area is 189 Å². The van der Waals surface area contributed by atoms with Crippen molar-refractivity contribution in [1.29, 1.82) is 5.26 Å². The topological polar surface area (TPSA) is 101 Å². The molecule has 2 aromatic rings. The second-order valence-corrected chi connectivity index (χ2v) is 8.00. The third-order valence-electron chi connectivity index (χ3n) is 5.62. The highest BCUT2D eigenvalue weighted by Gasteiger charge is 2.49. The molecule has 7 nitrogen and oxygen atoms in total. The Morgan fingerprint density at radius 1 is 1.32 bits per heavy atom. The van der Waals surface area contributed by atoms with E-state index in [1.165, 1.54) is 6.08 Å². The minimum absolute atomic E-state index is 0.0991. The lowest BCUT2D eigenvalue weighted by Crippen LogP contribution is -2.40. The third-order valence-corrected chi connectivity index (χ3v) is 5.62. The van der Waals surface area contributed by atoms with E-state index in [1.54, 1.807) is 26.0 Å². The lowest BCUT2D eigenvalue weighted by atomic mass is 9.73. The van der Waals surface area contributed by atoms with Gasteiger partial charge in [0.05, 0.1) is 24.9 Å². The first-order chi connectivity index (χ1) is 15.8. The quantitative estimate of drug-likeness (QED) is 0.653. The van der Waals surface area contributed by atoms with E-state index < -0.39 is 58.8 Å². The Kier molecular flexibility index (Phi) is 6.50. The molecule has 0 amide bonds. The smallest absolute Gasteiger partial charge is 0.437 e. The van der Waals surface area contributed by atoms with Crippen molar-refractivity contribution in [3.63, 3.8) is 0 Å². The van der Waals surface area contributed by atoms with E-state index in [-0.39, 0.29) is 5.56 Å². The number of alkyl halides is 5. The lowest BCUT2D eigenvalue weighted by molar-refractivity contribution is -0.142. The predicted octanol–water partition coefficient (Wildman–Crippen LogP) is 3.86. The monoisotopic (exact) mass is 482 g/mol. The largest absolute Gasteiger partial charge is 0.453 e. The number of ether oxygens (including phenoxy) is 1. The van der Waals surface area contributed by atoms with Gasteiger partial charge in [0.25, 0.3) is 17.5 Å². The van der Waals surface area contributed by atoms with Gasteiger partial charge in [-0.3, -0.25) is 14.2 Å². The molecule has 0 saturated carbocycles. The van der Waals surface area contributed by atoms with Crippen LogP contribution in [0.15, 0.2) is 46.0 Å². The summed E-state index contributed by atoms with van der Waals surface area (Å²) in [7, 11) is 0. The van der Waals surface area contributed by atoms with Gasteiger partial charge in [-0.05, 0) is 38.5 Å². The van der Waals surface area contributed by atoms with E-state index in [2.05, 4.69) is 9.97 Å². The summed E-state index contributed by atoms with van der Waals surface area (Å²) in [5, 5.41) is 9.27. The van der Waals surface area contributed by atoms with Crippen LogP contribution in [-0.2, 0) is 12.7 Å². The van der Waals surface area contributed by atoms with Gasteiger partial charge < -0.3 is 9.72 Å². The minimum atomic E-state index is -5.15. The van der Waals surface area contributed by atoms with Crippen molar-refractivity contribution in [2.75, 3.05) is 0 Å². The summed E-state index contributed by atoms with van der Waals surface area (Å²) in [4.78, 5) is 31.1. The molecular weight excluding hydrogens is 463 g/mol. The van der Waals surface area contributed by atoms with E-state index in [1.807, 2.05) is 0 Å². The standard InChI is InChI=1S/C22H19F5N4O3/c1-11-7-12(2)30-18(32)14(11)9-31-10-29-17(22(25,26)27)16(19(31)33)34-15-6-4-5-13(8-28)21(15,3)20(23)24/h4-7,10,13,20H,9H2,1-3H3,(H,30,32). The normalized spacial score (nSPS) is 20.2. The van der Waals surface area contributed by atoms with Gasteiger partial charge in [0, 0.05) is 11.3 Å². The molecule has 180 valence electrons. The molecular formula is C22H19F5N4O3. The minimum Gasteiger partial charge on any atom is -0.453 e. The SMILES string of the molecule is Cc1cc(C)c(Cn2cnc(C(F)(F)F)c(OC3=CC=CC(C#N)C3(C)C(F)F)c2=O)c(=O)[nH]1. The zero-order valence-electron chi connectivity index (χ0n) is 18.2. The number of aromatic amines is 1. The maximum atomic E-state index is 14.0. The number of aromatic nitrogens is 3. The van der Waals surface area contributed by atoms with Crippen molar-refractivity contribution in [1.82, 2.24) is 14.5 Å². The van der Waals surface area contributed by atoms with Crippen molar-refractivity contribution < 1.29 is 26.7 Å². The van der Waals surface area contributed by atoms with Crippen LogP contribution in [0, 0.1) is 36.5 Å². The van der Waals surface area contributed by atoms with E-state index in [0.29, 0.717) is 17.6 Å². The Hall–Kier alpha value is -3.75. The molecule has 0 aromatic carbocycles. The molecule has 2 unspecified atom stereocenters. The molecule has 1 aliphatic rings. The molecule has 12 heteroatoms. The highest BCUT2D eigenvalue weighted by molar-refractivity contribution is 5.36. The van der Waals surface area contributed by atoms with Crippen LogP contribution >= 0.6 is 0 Å². The number of nitrogens with zero attached hydrogens (tertiary/aromatic N) is 3. The molecule has 2 heterocycles. The van der Waals surface area contributed by atoms with Crippen molar-refractivity contribution in [2.45, 2.75) is 39.9 Å². The Bertz CT molecular complexity index is 1330. The van der Waals surface area contributed by atoms with Crippen molar-refractivity contribution in [2.24, 2.45) is 11.3 Å². The summed E-state index contributed by atoms with van der Waals surface area (Å²) in [6.07, 6.45) is -4.41. The number of allylic oxidation sites excluding steroid dienone is 4. The van der Waals surface area contributed by atoms with Gasteiger partial charge >= 0.3 is 6.18 Å². The number of pyridine rings is 1. The lowest BCUT2D eigenvalue weighted by Gasteiger charge is -2.35. The van der Waals surface area contributed by atoms with Crippen LogP contribution in [-0.4, -0.2) is 21.0 Å². The van der Waals surface area contributed by atoms with Gasteiger partial charge in [-0.2, -0.15) is 18.4 Å². The molecule has 0 fully saturated rings. The molecule has 2 atom stereocenters. The van der Waals surface area contributed by atoms with Crippen LogP contribution in [0.3, 0.4) is 0 Å².